The molecule has 3 nitrogen and oxygen atoms in total. The van der Waals surface area contributed by atoms with Gasteiger partial charge in [0, 0.05) is 25.8 Å². The van der Waals surface area contributed by atoms with E-state index in [0.29, 0.717) is 17.4 Å². The second-order valence-electron chi connectivity index (χ2n) is 6.34. The molecule has 2 N–H and O–H groups in total. The van der Waals surface area contributed by atoms with E-state index in [1.54, 1.807) is 0 Å². The van der Waals surface area contributed by atoms with Gasteiger partial charge in [0.2, 0.25) is 0 Å². The molecule has 0 aromatic carbocycles. The van der Waals surface area contributed by atoms with Crippen molar-refractivity contribution in [3.05, 3.63) is 0 Å². The van der Waals surface area contributed by atoms with Gasteiger partial charge < -0.3 is 15.4 Å². The van der Waals surface area contributed by atoms with Gasteiger partial charge in [0.15, 0.2) is 0 Å². The third-order valence-corrected chi connectivity index (χ3v) is 4.71. The van der Waals surface area contributed by atoms with Crippen LogP contribution in [0.1, 0.15) is 39.5 Å². The fourth-order valence-electron chi connectivity index (χ4n) is 3.10. The van der Waals surface area contributed by atoms with E-state index in [4.69, 9.17) is 10.5 Å². The van der Waals surface area contributed by atoms with Crippen LogP contribution in [0.3, 0.4) is 0 Å². The number of rotatable bonds is 4. The summed E-state index contributed by atoms with van der Waals surface area (Å²) in [5, 5.41) is 0. The molecule has 2 aliphatic rings. The predicted octanol–water partition coefficient (Wildman–Crippen LogP) is 1.86. The molecule has 2 aliphatic heterocycles. The van der Waals surface area contributed by atoms with E-state index in [1.165, 1.54) is 38.9 Å². The fraction of sp³-hybridized carbons (Fsp3) is 1.00. The number of ether oxygens (including phenoxy) is 1. The van der Waals surface area contributed by atoms with E-state index in [1.807, 2.05) is 0 Å². The Kier molecular flexibility index (Phi) is 4.45. The Morgan fingerprint density at radius 3 is 2.59 bits per heavy atom. The first-order valence-corrected chi connectivity index (χ1v) is 7.17. The zero-order valence-corrected chi connectivity index (χ0v) is 11.5. The fourth-order valence-corrected chi connectivity index (χ4v) is 3.10. The Morgan fingerprint density at radius 1 is 1.24 bits per heavy atom. The molecule has 0 bridgehead atoms. The van der Waals surface area contributed by atoms with Gasteiger partial charge in [-0.05, 0) is 50.1 Å². The summed E-state index contributed by atoms with van der Waals surface area (Å²) in [4.78, 5) is 2.62. The van der Waals surface area contributed by atoms with Crippen LogP contribution >= 0.6 is 0 Å². The van der Waals surface area contributed by atoms with Crippen molar-refractivity contribution in [2.24, 2.45) is 17.1 Å². The minimum Gasteiger partial charge on any atom is -0.381 e. The lowest BCUT2D eigenvalue weighted by atomic mass is 9.80. The van der Waals surface area contributed by atoms with E-state index in [2.05, 4.69) is 18.7 Å². The van der Waals surface area contributed by atoms with Gasteiger partial charge in [-0.15, -0.1) is 0 Å². The third kappa shape index (κ3) is 3.43. The van der Waals surface area contributed by atoms with Gasteiger partial charge in [-0.25, -0.2) is 0 Å². The summed E-state index contributed by atoms with van der Waals surface area (Å²) in [5.74, 6) is 0.606. The van der Waals surface area contributed by atoms with Crippen molar-refractivity contribution in [3.63, 3.8) is 0 Å². The highest BCUT2D eigenvalue weighted by Crippen LogP contribution is 2.39. The molecule has 0 aliphatic carbocycles. The molecule has 0 aromatic rings. The van der Waals surface area contributed by atoms with Crippen LogP contribution in [0.25, 0.3) is 0 Å². The molecule has 0 radical (unpaired) electrons. The van der Waals surface area contributed by atoms with Gasteiger partial charge in [-0.3, -0.25) is 0 Å². The third-order valence-electron chi connectivity index (χ3n) is 4.71. The van der Waals surface area contributed by atoms with Crippen molar-refractivity contribution in [2.75, 3.05) is 32.8 Å². The van der Waals surface area contributed by atoms with Crippen LogP contribution in [0.15, 0.2) is 0 Å². The van der Waals surface area contributed by atoms with E-state index in [0.717, 1.165) is 19.6 Å². The smallest absolute Gasteiger partial charge is 0.0471 e. The Hall–Kier alpha value is -0.120. The van der Waals surface area contributed by atoms with Crippen molar-refractivity contribution < 1.29 is 4.74 Å². The number of nitrogens with two attached hydrogens (primary N) is 1. The monoisotopic (exact) mass is 240 g/mol. The molecule has 1 atom stereocenters. The van der Waals surface area contributed by atoms with Crippen molar-refractivity contribution in [2.45, 2.75) is 45.6 Å². The van der Waals surface area contributed by atoms with Crippen LogP contribution < -0.4 is 5.73 Å². The standard InChI is InChI=1S/C14H28N2O/c1-12(2)13(15)3-7-16-8-4-14(11-16)5-9-17-10-6-14/h12-13H,3-11,15H2,1-2H3. The van der Waals surface area contributed by atoms with Gasteiger partial charge in [0.25, 0.3) is 0 Å². The molecule has 2 rings (SSSR count). The minimum absolute atomic E-state index is 0.362. The zero-order valence-electron chi connectivity index (χ0n) is 11.5. The normalized spacial score (nSPS) is 26.8. The summed E-state index contributed by atoms with van der Waals surface area (Å²) >= 11 is 0. The Labute approximate surface area is 106 Å². The van der Waals surface area contributed by atoms with Crippen molar-refractivity contribution in [3.8, 4) is 0 Å². The molecule has 2 fully saturated rings. The highest BCUT2D eigenvalue weighted by molar-refractivity contribution is 4.91. The van der Waals surface area contributed by atoms with Crippen LogP contribution in [0, 0.1) is 11.3 Å². The van der Waals surface area contributed by atoms with Crippen molar-refractivity contribution >= 4 is 0 Å². The highest BCUT2D eigenvalue weighted by atomic mass is 16.5. The molecule has 0 aromatic heterocycles. The maximum atomic E-state index is 6.12. The summed E-state index contributed by atoms with van der Waals surface area (Å²) in [6.07, 6.45) is 5.04. The van der Waals surface area contributed by atoms with Crippen molar-refractivity contribution in [1.29, 1.82) is 0 Å². The maximum absolute atomic E-state index is 6.12. The van der Waals surface area contributed by atoms with Crippen LogP contribution in [0.2, 0.25) is 0 Å². The number of likely N-dealkylation sites (tertiary alicyclic amines) is 1. The molecule has 1 spiro atoms. The van der Waals surface area contributed by atoms with E-state index in [9.17, 15) is 0 Å². The Morgan fingerprint density at radius 2 is 1.94 bits per heavy atom. The topological polar surface area (TPSA) is 38.5 Å². The number of nitrogens with zero attached hydrogens (tertiary/aromatic N) is 1. The Bertz CT molecular complexity index is 236. The molecule has 1 unspecified atom stereocenters. The molecule has 2 heterocycles. The first kappa shape index (κ1) is 13.3. The lowest BCUT2D eigenvalue weighted by Gasteiger charge is -2.33. The van der Waals surface area contributed by atoms with Gasteiger partial charge in [0.1, 0.15) is 0 Å². The highest BCUT2D eigenvalue weighted by Gasteiger charge is 2.38. The molecule has 17 heavy (non-hydrogen) atoms. The predicted molar refractivity (Wildman–Crippen MR) is 71.0 cm³/mol. The van der Waals surface area contributed by atoms with Crippen molar-refractivity contribution in [1.82, 2.24) is 4.90 Å². The van der Waals surface area contributed by atoms with Gasteiger partial charge in [-0.1, -0.05) is 13.8 Å². The number of hydrogen-bond donors (Lipinski definition) is 1. The quantitative estimate of drug-likeness (QED) is 0.815. The molecular formula is C14H28N2O. The van der Waals surface area contributed by atoms with E-state index >= 15 is 0 Å². The molecule has 100 valence electrons. The molecule has 3 heteroatoms. The van der Waals surface area contributed by atoms with E-state index < -0.39 is 0 Å². The van der Waals surface area contributed by atoms with E-state index in [-0.39, 0.29) is 0 Å². The lowest BCUT2D eigenvalue weighted by Crippen LogP contribution is -2.35. The second-order valence-corrected chi connectivity index (χ2v) is 6.34. The SMILES string of the molecule is CC(C)C(N)CCN1CCC2(CCOCC2)C1. The molecule has 2 saturated heterocycles. The average molecular weight is 240 g/mol. The largest absolute Gasteiger partial charge is 0.381 e. The summed E-state index contributed by atoms with van der Waals surface area (Å²) in [7, 11) is 0. The van der Waals surface area contributed by atoms with Crippen LogP contribution in [0.5, 0.6) is 0 Å². The Balaban J connectivity index is 1.74. The summed E-state index contributed by atoms with van der Waals surface area (Å²) < 4.78 is 5.48. The summed E-state index contributed by atoms with van der Waals surface area (Å²) in [6, 6.07) is 0.362. The van der Waals surface area contributed by atoms with Gasteiger partial charge in [0.05, 0.1) is 0 Å². The van der Waals surface area contributed by atoms with Crippen LogP contribution in [-0.4, -0.2) is 43.8 Å². The van der Waals surface area contributed by atoms with Gasteiger partial charge >= 0.3 is 0 Å². The summed E-state index contributed by atoms with van der Waals surface area (Å²) in [6.45, 7) is 10.1. The first-order chi connectivity index (χ1) is 8.11. The molecular weight excluding hydrogens is 212 g/mol. The first-order valence-electron chi connectivity index (χ1n) is 7.17. The number of hydrogen-bond acceptors (Lipinski definition) is 3. The van der Waals surface area contributed by atoms with Crippen LogP contribution in [-0.2, 0) is 4.74 Å². The average Bonchev–Trinajstić information content (AvgIpc) is 2.70. The summed E-state index contributed by atoms with van der Waals surface area (Å²) in [5.41, 5.74) is 6.70. The molecule has 0 saturated carbocycles. The second kappa shape index (κ2) is 5.68. The minimum atomic E-state index is 0.362. The van der Waals surface area contributed by atoms with Crippen LogP contribution in [0.4, 0.5) is 0 Å². The zero-order chi connectivity index (χ0) is 12.3. The van der Waals surface area contributed by atoms with Gasteiger partial charge in [-0.2, -0.15) is 0 Å². The maximum Gasteiger partial charge on any atom is 0.0471 e. The molecule has 0 amide bonds. The lowest BCUT2D eigenvalue weighted by molar-refractivity contribution is 0.0192.